The number of likely N-dealkylation sites (tertiary alicyclic amines) is 1. The van der Waals surface area contributed by atoms with Gasteiger partial charge in [-0.05, 0) is 32.6 Å². The first kappa shape index (κ1) is 15.1. The molecule has 1 amide bonds. The second-order valence-electron chi connectivity index (χ2n) is 6.68. The number of piperidine rings is 1. The van der Waals surface area contributed by atoms with E-state index >= 15 is 0 Å². The average Bonchev–Trinajstić information content (AvgIpc) is 3.01. The molecule has 22 heavy (non-hydrogen) atoms. The highest BCUT2D eigenvalue weighted by Crippen LogP contribution is 2.38. The van der Waals surface area contributed by atoms with Gasteiger partial charge in [-0.15, -0.1) is 0 Å². The Balaban J connectivity index is 1.75. The van der Waals surface area contributed by atoms with Crippen LogP contribution in [0.15, 0.2) is 12.4 Å². The zero-order valence-corrected chi connectivity index (χ0v) is 13.3. The lowest BCUT2D eigenvalue weighted by Gasteiger charge is -2.39. The van der Waals surface area contributed by atoms with Gasteiger partial charge >= 0.3 is 0 Å². The highest BCUT2D eigenvalue weighted by molar-refractivity contribution is 5.85. The molecule has 1 atom stereocenters. The molecule has 5 heteroatoms. The van der Waals surface area contributed by atoms with Gasteiger partial charge in [0.15, 0.2) is 0 Å². The molecule has 0 radical (unpaired) electrons. The highest BCUT2D eigenvalue weighted by Gasteiger charge is 2.43. The van der Waals surface area contributed by atoms with Crippen LogP contribution in [0.4, 0.5) is 0 Å². The van der Waals surface area contributed by atoms with Crippen molar-refractivity contribution in [1.82, 2.24) is 14.5 Å². The van der Waals surface area contributed by atoms with Crippen molar-refractivity contribution in [3.63, 3.8) is 0 Å². The number of aromatic nitrogens is 2. The summed E-state index contributed by atoms with van der Waals surface area (Å²) in [7, 11) is 0. The fraction of sp³-hybridized carbons (Fsp3) is 0.706. The smallest absolute Gasteiger partial charge is 0.243 e. The molecule has 0 spiro atoms. The van der Waals surface area contributed by atoms with E-state index in [0.717, 1.165) is 57.3 Å². The zero-order valence-electron chi connectivity index (χ0n) is 13.3. The maximum atomic E-state index is 13.0. The topological polar surface area (TPSA) is 61.9 Å². The van der Waals surface area contributed by atoms with Crippen molar-refractivity contribution in [3.8, 4) is 6.07 Å². The molecule has 0 aromatic carbocycles. The van der Waals surface area contributed by atoms with Gasteiger partial charge in [0.1, 0.15) is 11.2 Å². The molecule has 0 bridgehead atoms. The summed E-state index contributed by atoms with van der Waals surface area (Å²) in [5.41, 5.74) is -0.760. The fourth-order valence-electron chi connectivity index (χ4n) is 3.97. The molecule has 3 rings (SSSR count). The lowest BCUT2D eigenvalue weighted by molar-refractivity contribution is -0.142. The predicted octanol–water partition coefficient (Wildman–Crippen LogP) is 2.83. The maximum absolute atomic E-state index is 13.0. The summed E-state index contributed by atoms with van der Waals surface area (Å²) in [6.45, 7) is 3.49. The number of hydrogen-bond acceptors (Lipinski definition) is 3. The lowest BCUT2D eigenvalue weighted by atomic mass is 9.74. The number of imidazole rings is 1. The number of aryl methyl sites for hydroxylation is 1. The van der Waals surface area contributed by atoms with Crippen molar-refractivity contribution in [2.45, 2.75) is 57.9 Å². The Labute approximate surface area is 131 Å². The van der Waals surface area contributed by atoms with Crippen LogP contribution in [0.2, 0.25) is 0 Å². The van der Waals surface area contributed by atoms with Gasteiger partial charge < -0.3 is 9.47 Å². The highest BCUT2D eigenvalue weighted by atomic mass is 16.2. The van der Waals surface area contributed by atoms with E-state index in [1.54, 1.807) is 0 Å². The third-order valence-corrected chi connectivity index (χ3v) is 5.27. The van der Waals surface area contributed by atoms with Crippen LogP contribution >= 0.6 is 0 Å². The molecule has 1 aliphatic heterocycles. The van der Waals surface area contributed by atoms with Crippen molar-refractivity contribution >= 4 is 5.91 Å². The number of carbonyl (C=O) groups excluding carboxylic acids is 1. The molecule has 2 fully saturated rings. The van der Waals surface area contributed by atoms with E-state index in [-0.39, 0.29) is 5.91 Å². The minimum atomic E-state index is -0.760. The van der Waals surface area contributed by atoms with Crippen LogP contribution in [-0.4, -0.2) is 33.4 Å². The molecule has 118 valence electrons. The van der Waals surface area contributed by atoms with E-state index in [1.807, 2.05) is 24.2 Å². The van der Waals surface area contributed by atoms with Gasteiger partial charge in [-0.2, -0.15) is 5.26 Å². The summed E-state index contributed by atoms with van der Waals surface area (Å²) in [4.78, 5) is 19.2. The van der Waals surface area contributed by atoms with Crippen molar-refractivity contribution in [2.75, 3.05) is 13.1 Å². The maximum Gasteiger partial charge on any atom is 0.243 e. The van der Waals surface area contributed by atoms with E-state index < -0.39 is 5.41 Å². The van der Waals surface area contributed by atoms with Gasteiger partial charge in [0.2, 0.25) is 5.91 Å². The zero-order chi connectivity index (χ0) is 15.6. The number of hydrogen-bond donors (Lipinski definition) is 0. The van der Waals surface area contributed by atoms with Crippen LogP contribution in [0, 0.1) is 23.7 Å². The molecule has 0 N–H and O–H groups in total. The molecule has 5 nitrogen and oxygen atoms in total. The Morgan fingerprint density at radius 3 is 2.77 bits per heavy atom. The minimum absolute atomic E-state index is 0.0668. The monoisotopic (exact) mass is 300 g/mol. The third-order valence-electron chi connectivity index (χ3n) is 5.27. The molecule has 1 aromatic rings. The van der Waals surface area contributed by atoms with Crippen LogP contribution in [0.5, 0.6) is 0 Å². The summed E-state index contributed by atoms with van der Waals surface area (Å²) in [5.74, 6) is 1.06. The van der Waals surface area contributed by atoms with Crippen molar-refractivity contribution < 1.29 is 4.79 Å². The largest absolute Gasteiger partial charge is 0.339 e. The molecule has 1 saturated carbocycles. The van der Waals surface area contributed by atoms with Gasteiger partial charge in [0.25, 0.3) is 0 Å². The Bertz CT molecular complexity index is 580. The molecular weight excluding hydrogens is 276 g/mol. The number of amides is 1. The molecule has 2 heterocycles. The van der Waals surface area contributed by atoms with Gasteiger partial charge in [-0.1, -0.05) is 19.3 Å². The van der Waals surface area contributed by atoms with Gasteiger partial charge in [0.05, 0.1) is 12.1 Å². The summed E-state index contributed by atoms with van der Waals surface area (Å²) in [5, 5.41) is 9.62. The molecule has 1 unspecified atom stereocenters. The SMILES string of the molecule is Cc1nccn1C1CCCN(C(=O)C2(C#N)CCCCC2)C1. The number of rotatable bonds is 2. The normalized spacial score (nSPS) is 24.7. The molecule has 1 aliphatic carbocycles. The average molecular weight is 300 g/mol. The minimum Gasteiger partial charge on any atom is -0.339 e. The first-order valence-electron chi connectivity index (χ1n) is 8.36. The summed E-state index contributed by atoms with van der Waals surface area (Å²) >= 11 is 0. The standard InChI is InChI=1S/C17H24N4O/c1-14-19-9-11-21(14)15-6-5-10-20(12-15)16(22)17(13-18)7-3-2-4-8-17/h9,11,15H,2-8,10,12H2,1H3. The van der Waals surface area contributed by atoms with Gasteiger partial charge in [-0.25, -0.2) is 4.98 Å². The summed E-state index contributed by atoms with van der Waals surface area (Å²) in [6, 6.07) is 2.66. The fourth-order valence-corrected chi connectivity index (χ4v) is 3.97. The molecule has 1 aromatic heterocycles. The quantitative estimate of drug-likeness (QED) is 0.843. The lowest BCUT2D eigenvalue weighted by Crippen LogP contribution is -2.48. The van der Waals surface area contributed by atoms with Crippen molar-refractivity contribution in [1.29, 1.82) is 5.26 Å². The summed E-state index contributed by atoms with van der Waals surface area (Å²) in [6.07, 6.45) is 10.5. The van der Waals surface area contributed by atoms with Crippen LogP contribution in [-0.2, 0) is 4.79 Å². The first-order valence-corrected chi connectivity index (χ1v) is 8.36. The Kier molecular flexibility index (Phi) is 4.19. The molecule has 1 saturated heterocycles. The Morgan fingerprint density at radius 1 is 1.36 bits per heavy atom. The number of nitriles is 1. The Hall–Kier alpha value is -1.83. The second kappa shape index (κ2) is 6.12. The van der Waals surface area contributed by atoms with Crippen LogP contribution in [0.1, 0.15) is 56.8 Å². The van der Waals surface area contributed by atoms with Crippen LogP contribution in [0.3, 0.4) is 0 Å². The van der Waals surface area contributed by atoms with E-state index in [0.29, 0.717) is 12.6 Å². The van der Waals surface area contributed by atoms with E-state index in [1.165, 1.54) is 0 Å². The predicted molar refractivity (Wildman–Crippen MR) is 82.9 cm³/mol. The van der Waals surface area contributed by atoms with E-state index in [9.17, 15) is 10.1 Å². The van der Waals surface area contributed by atoms with Crippen LogP contribution < -0.4 is 0 Å². The van der Waals surface area contributed by atoms with Crippen LogP contribution in [0.25, 0.3) is 0 Å². The molecular formula is C17H24N4O. The number of carbonyl (C=O) groups is 1. The van der Waals surface area contributed by atoms with Crippen molar-refractivity contribution in [2.24, 2.45) is 5.41 Å². The summed E-state index contributed by atoms with van der Waals surface area (Å²) < 4.78 is 2.17. The first-order chi connectivity index (χ1) is 10.7. The van der Waals surface area contributed by atoms with Gasteiger partial charge in [0, 0.05) is 25.5 Å². The Morgan fingerprint density at radius 2 is 2.14 bits per heavy atom. The number of nitrogens with zero attached hydrogens (tertiary/aromatic N) is 4. The van der Waals surface area contributed by atoms with Crippen molar-refractivity contribution in [3.05, 3.63) is 18.2 Å². The third kappa shape index (κ3) is 2.63. The second-order valence-corrected chi connectivity index (χ2v) is 6.68. The van der Waals surface area contributed by atoms with Gasteiger partial charge in [-0.3, -0.25) is 4.79 Å². The molecule has 2 aliphatic rings. The van der Waals surface area contributed by atoms with E-state index in [2.05, 4.69) is 15.6 Å². The van der Waals surface area contributed by atoms with E-state index in [4.69, 9.17) is 0 Å².